The topological polar surface area (TPSA) is 87.9 Å². The smallest absolute Gasteiger partial charge is 0.322 e. The Morgan fingerprint density at radius 3 is 2.81 bits per heavy atom. The number of fused-ring (bicyclic) bond motifs is 2. The average molecular weight is 422 g/mol. The van der Waals surface area contributed by atoms with Crippen molar-refractivity contribution in [1.82, 2.24) is 24.5 Å². The molecule has 1 aromatic carbocycles. The molecule has 1 aliphatic heterocycles. The van der Waals surface area contributed by atoms with Gasteiger partial charge in [0.2, 0.25) is 0 Å². The summed E-state index contributed by atoms with van der Waals surface area (Å²) in [5, 5.41) is 7.42. The maximum absolute atomic E-state index is 12.8. The van der Waals surface area contributed by atoms with Gasteiger partial charge in [0, 0.05) is 31.7 Å². The molecule has 2 aliphatic rings. The van der Waals surface area contributed by atoms with E-state index in [-0.39, 0.29) is 6.03 Å². The van der Waals surface area contributed by atoms with E-state index in [1.165, 1.54) is 5.56 Å². The predicted octanol–water partition coefficient (Wildman–Crippen LogP) is 2.61. The molecule has 0 radical (unpaired) electrons. The van der Waals surface area contributed by atoms with Gasteiger partial charge in [0.05, 0.1) is 18.5 Å². The molecule has 2 amide bonds. The number of aromatic nitrogens is 4. The molecule has 1 fully saturated rings. The Morgan fingerprint density at radius 2 is 2.00 bits per heavy atom. The molecule has 0 unspecified atom stereocenters. The monoisotopic (exact) mass is 421 g/mol. The molecule has 9 nitrogen and oxygen atoms in total. The van der Waals surface area contributed by atoms with Crippen molar-refractivity contribution < 1.29 is 9.53 Å². The van der Waals surface area contributed by atoms with E-state index in [4.69, 9.17) is 9.72 Å². The summed E-state index contributed by atoms with van der Waals surface area (Å²) in [6.45, 7) is 5.01. The van der Waals surface area contributed by atoms with Crippen molar-refractivity contribution in [3.05, 3.63) is 41.9 Å². The van der Waals surface area contributed by atoms with Crippen LogP contribution < -0.4 is 15.0 Å². The number of ether oxygens (including phenoxy) is 1. The Labute approximate surface area is 181 Å². The maximum atomic E-state index is 12.8. The summed E-state index contributed by atoms with van der Waals surface area (Å²) in [7, 11) is 1.60. The zero-order valence-electron chi connectivity index (χ0n) is 17.9. The van der Waals surface area contributed by atoms with E-state index in [1.807, 2.05) is 33.7 Å². The fourth-order valence-corrected chi connectivity index (χ4v) is 4.54. The van der Waals surface area contributed by atoms with Crippen LogP contribution in [0.2, 0.25) is 0 Å². The third-order valence-electron chi connectivity index (χ3n) is 6.23. The number of carbonyl (C=O) groups is 1. The first-order valence-corrected chi connectivity index (χ1v) is 10.8. The van der Waals surface area contributed by atoms with Crippen LogP contribution in [0.5, 0.6) is 5.75 Å². The number of hydrogen-bond donors (Lipinski definition) is 1. The van der Waals surface area contributed by atoms with Gasteiger partial charge in [0.25, 0.3) is 5.78 Å². The van der Waals surface area contributed by atoms with Gasteiger partial charge in [-0.15, -0.1) is 0 Å². The molecule has 1 N–H and O–H groups in total. The van der Waals surface area contributed by atoms with E-state index in [0.29, 0.717) is 36.2 Å². The molecule has 1 saturated heterocycles. The van der Waals surface area contributed by atoms with Gasteiger partial charge in [-0.05, 0) is 37.3 Å². The van der Waals surface area contributed by atoms with Gasteiger partial charge in [-0.2, -0.15) is 14.6 Å². The highest BCUT2D eigenvalue weighted by atomic mass is 16.5. The summed E-state index contributed by atoms with van der Waals surface area (Å²) in [4.78, 5) is 26.1. The quantitative estimate of drug-likeness (QED) is 0.700. The molecule has 1 atom stereocenters. The van der Waals surface area contributed by atoms with E-state index >= 15 is 0 Å². The first-order valence-electron chi connectivity index (χ1n) is 10.8. The summed E-state index contributed by atoms with van der Waals surface area (Å²) in [6.07, 6.45) is 4.71. The number of nitrogens with zero attached hydrogens (tertiary/aromatic N) is 6. The molecule has 3 aromatic rings. The molecular formula is C22H27N7O2. The number of urea groups is 1. The number of benzene rings is 1. The first kappa shape index (κ1) is 19.6. The number of para-hydroxylation sites is 2. The van der Waals surface area contributed by atoms with Crippen LogP contribution in [0.25, 0.3) is 5.78 Å². The van der Waals surface area contributed by atoms with Gasteiger partial charge in [0.15, 0.2) is 0 Å². The summed E-state index contributed by atoms with van der Waals surface area (Å²) in [5.41, 5.74) is 3.10. The molecule has 1 aliphatic carbocycles. The first-order chi connectivity index (χ1) is 15.1. The zero-order valence-corrected chi connectivity index (χ0v) is 17.9. The highest BCUT2D eigenvalue weighted by Gasteiger charge is 2.29. The minimum Gasteiger partial charge on any atom is -0.495 e. The summed E-state index contributed by atoms with van der Waals surface area (Å²) in [5.74, 6) is 3.03. The Bertz CT molecular complexity index is 1100. The molecule has 162 valence electrons. The normalized spacial score (nSPS) is 18.7. The Hall–Kier alpha value is -3.36. The van der Waals surface area contributed by atoms with E-state index in [9.17, 15) is 4.79 Å². The molecule has 9 heteroatoms. The van der Waals surface area contributed by atoms with Gasteiger partial charge < -0.3 is 19.9 Å². The number of anilines is 2. The molecule has 3 heterocycles. The molecular weight excluding hydrogens is 394 g/mol. The highest BCUT2D eigenvalue weighted by Crippen LogP contribution is 2.32. The minimum atomic E-state index is -0.111. The Morgan fingerprint density at radius 1 is 1.19 bits per heavy atom. The fraction of sp³-hybridized carbons (Fsp3) is 0.455. The van der Waals surface area contributed by atoms with Crippen molar-refractivity contribution in [2.75, 3.05) is 43.5 Å². The van der Waals surface area contributed by atoms with E-state index in [2.05, 4.69) is 27.2 Å². The summed E-state index contributed by atoms with van der Waals surface area (Å²) >= 11 is 0. The molecule has 5 rings (SSSR count). The van der Waals surface area contributed by atoms with E-state index in [0.717, 1.165) is 43.9 Å². The van der Waals surface area contributed by atoms with Crippen molar-refractivity contribution in [3.63, 3.8) is 0 Å². The molecule has 0 saturated carbocycles. The molecule has 0 spiro atoms. The van der Waals surface area contributed by atoms with Gasteiger partial charge in [-0.1, -0.05) is 19.1 Å². The lowest BCUT2D eigenvalue weighted by Crippen LogP contribution is -2.51. The van der Waals surface area contributed by atoms with Crippen LogP contribution in [0.3, 0.4) is 0 Å². The number of piperazine rings is 1. The van der Waals surface area contributed by atoms with Crippen LogP contribution in [0, 0.1) is 5.92 Å². The van der Waals surface area contributed by atoms with Crippen molar-refractivity contribution in [2.24, 2.45) is 5.92 Å². The minimum absolute atomic E-state index is 0.111. The number of carbonyl (C=O) groups excluding carboxylic acids is 1. The largest absolute Gasteiger partial charge is 0.495 e. The van der Waals surface area contributed by atoms with E-state index in [1.54, 1.807) is 13.4 Å². The summed E-state index contributed by atoms with van der Waals surface area (Å²) < 4.78 is 7.20. The van der Waals surface area contributed by atoms with Crippen LogP contribution in [-0.2, 0) is 12.8 Å². The van der Waals surface area contributed by atoms with Crippen LogP contribution >= 0.6 is 0 Å². The maximum Gasteiger partial charge on any atom is 0.322 e. The van der Waals surface area contributed by atoms with Crippen LogP contribution in [0.1, 0.15) is 24.6 Å². The second-order valence-electron chi connectivity index (χ2n) is 8.29. The Kier molecular flexibility index (Phi) is 5.09. The lowest BCUT2D eigenvalue weighted by molar-refractivity contribution is 0.208. The van der Waals surface area contributed by atoms with Crippen molar-refractivity contribution >= 4 is 23.3 Å². The SMILES string of the molecule is COc1ccccc1NC(=O)N1CCN(c2c3c(nc4ncnn24)C[C@H](C)CC3)CC1. The van der Waals surface area contributed by atoms with E-state index < -0.39 is 0 Å². The average Bonchev–Trinajstić information content (AvgIpc) is 3.26. The highest BCUT2D eigenvalue weighted by molar-refractivity contribution is 5.91. The third-order valence-corrected chi connectivity index (χ3v) is 6.23. The van der Waals surface area contributed by atoms with Crippen molar-refractivity contribution in [2.45, 2.75) is 26.2 Å². The third kappa shape index (κ3) is 3.64. The predicted molar refractivity (Wildman–Crippen MR) is 118 cm³/mol. The number of hydrogen-bond acceptors (Lipinski definition) is 6. The van der Waals surface area contributed by atoms with Crippen molar-refractivity contribution in [1.29, 1.82) is 0 Å². The fourth-order valence-electron chi connectivity index (χ4n) is 4.54. The standard InChI is InChI=1S/C22H27N7O2/c1-15-7-8-16-18(13-15)25-21-23-14-24-29(21)20(16)27-9-11-28(12-10-27)22(30)26-17-5-3-4-6-19(17)31-2/h3-6,14-15H,7-13H2,1-2H3,(H,26,30)/t15-/m1/s1. The second kappa shape index (κ2) is 8.05. The van der Waals surface area contributed by atoms with Gasteiger partial charge in [-0.25, -0.2) is 9.78 Å². The Balaban J connectivity index is 1.34. The van der Waals surface area contributed by atoms with Crippen LogP contribution in [0.4, 0.5) is 16.3 Å². The van der Waals surface area contributed by atoms with Crippen molar-refractivity contribution in [3.8, 4) is 5.75 Å². The second-order valence-corrected chi connectivity index (χ2v) is 8.29. The number of methoxy groups -OCH3 is 1. The summed E-state index contributed by atoms with van der Waals surface area (Å²) in [6, 6.07) is 7.34. The lowest BCUT2D eigenvalue weighted by Gasteiger charge is -2.37. The molecule has 0 bridgehead atoms. The number of nitrogens with one attached hydrogen (secondary N) is 1. The number of amides is 2. The zero-order chi connectivity index (χ0) is 21.4. The van der Waals surface area contributed by atoms with Gasteiger partial charge in [0.1, 0.15) is 17.9 Å². The molecule has 2 aromatic heterocycles. The van der Waals surface area contributed by atoms with Crippen LogP contribution in [-0.4, -0.2) is 63.8 Å². The van der Waals surface area contributed by atoms with Gasteiger partial charge in [-0.3, -0.25) is 0 Å². The molecule has 31 heavy (non-hydrogen) atoms. The number of rotatable bonds is 3. The lowest BCUT2D eigenvalue weighted by atomic mass is 9.88. The van der Waals surface area contributed by atoms with Gasteiger partial charge >= 0.3 is 6.03 Å². The van der Waals surface area contributed by atoms with Crippen LogP contribution in [0.15, 0.2) is 30.6 Å².